The average molecular weight is 566 g/mol. The summed E-state index contributed by atoms with van der Waals surface area (Å²) in [5, 5.41) is 6.48. The van der Waals surface area contributed by atoms with Crippen LogP contribution in [0.3, 0.4) is 0 Å². The molecule has 8 nitrogen and oxygen atoms in total. The molecule has 1 aliphatic heterocycles. The van der Waals surface area contributed by atoms with Crippen LogP contribution in [0.4, 0.5) is 5.82 Å². The van der Waals surface area contributed by atoms with Gasteiger partial charge < -0.3 is 25.2 Å². The first-order chi connectivity index (χ1) is 15.6. The Balaban J connectivity index is 0.00000385. The minimum absolute atomic E-state index is 0. The van der Waals surface area contributed by atoms with E-state index in [0.717, 1.165) is 43.3 Å². The Morgan fingerprint density at radius 3 is 2.52 bits per heavy atom. The zero-order chi connectivity index (χ0) is 22.8. The van der Waals surface area contributed by atoms with Crippen molar-refractivity contribution in [2.24, 2.45) is 4.99 Å². The Morgan fingerprint density at radius 1 is 1.12 bits per heavy atom. The van der Waals surface area contributed by atoms with E-state index in [9.17, 15) is 4.79 Å². The number of benzene rings is 1. The molecule has 2 aromatic rings. The van der Waals surface area contributed by atoms with E-state index in [1.165, 1.54) is 0 Å². The molecule has 1 atom stereocenters. The third-order valence-electron chi connectivity index (χ3n) is 5.44. The fraction of sp³-hybridized carbons (Fsp3) is 0.458. The number of rotatable bonds is 8. The van der Waals surface area contributed by atoms with Crippen LogP contribution < -0.4 is 20.3 Å². The summed E-state index contributed by atoms with van der Waals surface area (Å²) in [7, 11) is 1.72. The van der Waals surface area contributed by atoms with Gasteiger partial charge >= 0.3 is 0 Å². The third kappa shape index (κ3) is 8.38. The molecule has 33 heavy (non-hydrogen) atoms. The summed E-state index contributed by atoms with van der Waals surface area (Å²) < 4.78 is 5.99. The molecule has 0 bridgehead atoms. The second-order valence-electron chi connectivity index (χ2n) is 7.88. The summed E-state index contributed by atoms with van der Waals surface area (Å²) in [6.07, 6.45) is 2.21. The molecule has 1 amide bonds. The molecule has 1 aromatic carbocycles. The summed E-state index contributed by atoms with van der Waals surface area (Å²) >= 11 is 0. The molecule has 0 aliphatic carbocycles. The average Bonchev–Trinajstić information content (AvgIpc) is 2.83. The number of aliphatic imine (C=N–C) groups is 1. The second kappa shape index (κ2) is 13.9. The molecule has 2 N–H and O–H groups in total. The summed E-state index contributed by atoms with van der Waals surface area (Å²) in [6.45, 7) is 8.23. The zero-order valence-corrected chi connectivity index (χ0v) is 22.0. The number of nitrogens with zero attached hydrogens (tertiary/aromatic N) is 4. The molecular weight excluding hydrogens is 531 g/mol. The number of halogens is 1. The molecule has 1 aromatic heterocycles. The fourth-order valence-corrected chi connectivity index (χ4v) is 3.58. The Morgan fingerprint density at radius 2 is 1.85 bits per heavy atom. The predicted octanol–water partition coefficient (Wildman–Crippen LogP) is 2.68. The van der Waals surface area contributed by atoms with Crippen LogP contribution in [-0.4, -0.2) is 74.2 Å². The zero-order valence-electron chi connectivity index (χ0n) is 19.7. The van der Waals surface area contributed by atoms with E-state index >= 15 is 0 Å². The first-order valence-corrected chi connectivity index (χ1v) is 11.2. The number of aromatic nitrogens is 1. The standard InChI is InChI=1S/C24H34N6O2.HI/c1-19-8-4-5-9-21(19)32-20(2)18-28-24(25-3)27-13-11-23(31)30-16-14-29(15-17-30)22-10-6-7-12-26-22;/h4-10,12,20H,11,13-18H2,1-3H3,(H2,25,27,28);1H. The van der Waals surface area contributed by atoms with Crippen molar-refractivity contribution in [3.63, 3.8) is 0 Å². The number of hydrogen-bond donors (Lipinski definition) is 2. The molecule has 180 valence electrons. The van der Waals surface area contributed by atoms with Gasteiger partial charge in [0.05, 0.1) is 6.54 Å². The van der Waals surface area contributed by atoms with Crippen molar-refractivity contribution in [2.45, 2.75) is 26.4 Å². The highest BCUT2D eigenvalue weighted by molar-refractivity contribution is 14.0. The van der Waals surface area contributed by atoms with E-state index in [0.29, 0.717) is 25.5 Å². The topological polar surface area (TPSA) is 82.1 Å². The van der Waals surface area contributed by atoms with Gasteiger partial charge in [-0.25, -0.2) is 4.98 Å². The van der Waals surface area contributed by atoms with E-state index in [2.05, 4.69) is 25.5 Å². The minimum Gasteiger partial charge on any atom is -0.489 e. The van der Waals surface area contributed by atoms with Crippen molar-refractivity contribution in [1.82, 2.24) is 20.5 Å². The van der Waals surface area contributed by atoms with Gasteiger partial charge in [0.2, 0.25) is 5.91 Å². The predicted molar refractivity (Wildman–Crippen MR) is 144 cm³/mol. The first-order valence-electron chi connectivity index (χ1n) is 11.2. The van der Waals surface area contributed by atoms with Gasteiger partial charge in [0.15, 0.2) is 5.96 Å². The highest BCUT2D eigenvalue weighted by atomic mass is 127. The Bertz CT molecular complexity index is 888. The molecule has 1 fully saturated rings. The molecule has 2 heterocycles. The van der Waals surface area contributed by atoms with E-state index in [-0.39, 0.29) is 36.0 Å². The molecule has 1 unspecified atom stereocenters. The van der Waals surface area contributed by atoms with Crippen molar-refractivity contribution in [3.05, 3.63) is 54.2 Å². The van der Waals surface area contributed by atoms with Gasteiger partial charge in [-0.1, -0.05) is 24.3 Å². The summed E-state index contributed by atoms with van der Waals surface area (Å²) in [5.41, 5.74) is 1.11. The normalized spacial score (nSPS) is 14.8. The van der Waals surface area contributed by atoms with Crippen LogP contribution in [0.25, 0.3) is 0 Å². The molecule has 0 saturated carbocycles. The van der Waals surface area contributed by atoms with Crippen LogP contribution in [0.15, 0.2) is 53.7 Å². The number of ether oxygens (including phenoxy) is 1. The van der Waals surface area contributed by atoms with E-state index in [1.54, 1.807) is 13.2 Å². The number of guanidine groups is 1. The maximum atomic E-state index is 12.6. The Labute approximate surface area is 213 Å². The number of nitrogens with one attached hydrogen (secondary N) is 2. The summed E-state index contributed by atoms with van der Waals surface area (Å²) in [4.78, 5) is 25.4. The van der Waals surface area contributed by atoms with Crippen molar-refractivity contribution < 1.29 is 9.53 Å². The molecule has 9 heteroatoms. The van der Waals surface area contributed by atoms with Gasteiger partial charge in [0, 0.05) is 52.4 Å². The van der Waals surface area contributed by atoms with Gasteiger partial charge in [-0.05, 0) is 37.6 Å². The Hall–Kier alpha value is -2.56. The SMILES string of the molecule is CN=C(NCCC(=O)N1CCN(c2ccccn2)CC1)NCC(C)Oc1ccccc1C.I. The van der Waals surface area contributed by atoms with Crippen molar-refractivity contribution in [3.8, 4) is 5.75 Å². The number of anilines is 1. The molecule has 1 aliphatic rings. The largest absolute Gasteiger partial charge is 0.489 e. The third-order valence-corrected chi connectivity index (χ3v) is 5.44. The molecule has 3 rings (SSSR count). The maximum Gasteiger partial charge on any atom is 0.224 e. The van der Waals surface area contributed by atoms with Crippen LogP contribution in [0.2, 0.25) is 0 Å². The second-order valence-corrected chi connectivity index (χ2v) is 7.88. The maximum absolute atomic E-state index is 12.6. The van der Waals surface area contributed by atoms with Crippen LogP contribution in [0.5, 0.6) is 5.75 Å². The molecular formula is C24H35IN6O2. The van der Waals surface area contributed by atoms with Crippen LogP contribution in [0.1, 0.15) is 18.9 Å². The van der Waals surface area contributed by atoms with E-state index in [4.69, 9.17) is 4.74 Å². The van der Waals surface area contributed by atoms with Gasteiger partial charge in [-0.2, -0.15) is 0 Å². The smallest absolute Gasteiger partial charge is 0.224 e. The fourth-order valence-electron chi connectivity index (χ4n) is 3.58. The van der Waals surface area contributed by atoms with Crippen molar-refractivity contribution in [2.75, 3.05) is 51.2 Å². The highest BCUT2D eigenvalue weighted by Crippen LogP contribution is 2.17. The van der Waals surface area contributed by atoms with Gasteiger partial charge in [-0.15, -0.1) is 24.0 Å². The summed E-state index contributed by atoms with van der Waals surface area (Å²) in [5.74, 6) is 2.68. The summed E-state index contributed by atoms with van der Waals surface area (Å²) in [6, 6.07) is 13.9. The van der Waals surface area contributed by atoms with E-state index in [1.807, 2.05) is 61.2 Å². The quantitative estimate of drug-likeness (QED) is 0.291. The van der Waals surface area contributed by atoms with Crippen LogP contribution in [-0.2, 0) is 4.79 Å². The van der Waals surface area contributed by atoms with Crippen molar-refractivity contribution in [1.29, 1.82) is 0 Å². The highest BCUT2D eigenvalue weighted by Gasteiger charge is 2.21. The van der Waals surface area contributed by atoms with E-state index < -0.39 is 0 Å². The van der Waals surface area contributed by atoms with Crippen LogP contribution >= 0.6 is 24.0 Å². The number of pyridine rings is 1. The van der Waals surface area contributed by atoms with Gasteiger partial charge in [-0.3, -0.25) is 9.79 Å². The number of carbonyl (C=O) groups excluding carboxylic acids is 1. The minimum atomic E-state index is -0.0216. The Kier molecular flexibility index (Phi) is 11.2. The lowest BCUT2D eigenvalue weighted by Gasteiger charge is -2.35. The number of aryl methyl sites for hydroxylation is 1. The number of piperazine rings is 1. The monoisotopic (exact) mass is 566 g/mol. The number of carbonyl (C=O) groups is 1. The number of hydrogen-bond acceptors (Lipinski definition) is 5. The van der Waals surface area contributed by atoms with Gasteiger partial charge in [0.25, 0.3) is 0 Å². The molecule has 0 radical (unpaired) electrons. The van der Waals surface area contributed by atoms with Crippen LogP contribution in [0, 0.1) is 6.92 Å². The lowest BCUT2D eigenvalue weighted by molar-refractivity contribution is -0.131. The van der Waals surface area contributed by atoms with Crippen molar-refractivity contribution >= 4 is 41.7 Å². The lowest BCUT2D eigenvalue weighted by Crippen LogP contribution is -2.49. The number of para-hydroxylation sites is 1. The number of amides is 1. The molecule has 1 saturated heterocycles. The molecule has 0 spiro atoms. The first kappa shape index (κ1) is 26.7. The lowest BCUT2D eigenvalue weighted by atomic mass is 10.2. The van der Waals surface area contributed by atoms with Gasteiger partial charge in [0.1, 0.15) is 17.7 Å².